The molecular formula is C74H134N10O15. The van der Waals surface area contributed by atoms with Gasteiger partial charge in [0.05, 0.1) is 37.1 Å². The average Bonchev–Trinajstić information content (AvgIpc) is 0.808. The minimum Gasteiger partial charge on any atom is -0.390 e. The molecule has 25 heteroatoms. The maximum Gasteiger partial charge on any atom is 0.246 e. The molecular weight excluding hydrogens is 1270 g/mol. The molecule has 2 fully saturated rings. The predicted octanol–water partition coefficient (Wildman–Crippen LogP) is 5.68. The van der Waals surface area contributed by atoms with E-state index in [1.165, 1.54) is 92.6 Å². The highest BCUT2D eigenvalue weighted by atomic mass is 16.5. The van der Waals surface area contributed by atoms with Crippen LogP contribution in [0.15, 0.2) is 0 Å². The Morgan fingerprint density at radius 1 is 0.525 bits per heavy atom. The maximum atomic E-state index is 15.4. The van der Waals surface area contributed by atoms with Crippen molar-refractivity contribution in [3.63, 3.8) is 0 Å². The Morgan fingerprint density at radius 2 is 1.02 bits per heavy atom. The standard InChI is InChI=1S/C74H134N10O15/c1-26-55-70(93)77(19)52(15)68(91)82(24)62(53(16)99-36-30-29-33-84-34-37-98-38-35-84)60(86)43-54(47(8)9)69(92)78(20)56(39-44(2)3)59(85)42-50(13)65(88)75-51(14)67(90)79(21)57(40-45(4)5)71(94)80(22)58(41-46(6)7)72(95)81(23)61(48(10)11)73(96)83(25)63(66(89)76-55)64(87)49(12)31-27-28-32-74(17,18)97/h44-58,61-64,87,97H,26-43H2,1-25H3,(H,75,88)(H,76,89)/t49-,50-,51-,52-,53-,54+,55+,56+,57+,58+,61+,62+,63+,64-/m1/s1. The molecule has 0 bridgehead atoms. The number of hydrogen-bond donors (Lipinski definition) is 4. The smallest absolute Gasteiger partial charge is 0.246 e. The summed E-state index contributed by atoms with van der Waals surface area (Å²) in [4.78, 5) is 176. The molecule has 0 aliphatic carbocycles. The van der Waals surface area contributed by atoms with E-state index >= 15 is 33.6 Å². The number of nitrogens with zero attached hydrogens (tertiary/aromatic N) is 8. The molecule has 14 atom stereocenters. The summed E-state index contributed by atoms with van der Waals surface area (Å²) in [6, 6.07) is -11.4. The van der Waals surface area contributed by atoms with Gasteiger partial charge in [0.15, 0.2) is 11.6 Å². The molecule has 0 spiro atoms. The fourth-order valence-corrected chi connectivity index (χ4v) is 13.6. The topological polar surface area (TPSA) is 297 Å². The number of morpholine rings is 1. The molecule has 2 saturated heterocycles. The van der Waals surface area contributed by atoms with Crippen molar-refractivity contribution in [1.82, 2.24) is 49.8 Å². The molecule has 0 saturated carbocycles. The highest BCUT2D eigenvalue weighted by molar-refractivity contribution is 6.00. The molecule has 570 valence electrons. The van der Waals surface area contributed by atoms with Crippen LogP contribution in [0.25, 0.3) is 0 Å². The summed E-state index contributed by atoms with van der Waals surface area (Å²) in [7, 11) is 10.1. The van der Waals surface area contributed by atoms with Crippen molar-refractivity contribution in [2.75, 3.05) is 88.8 Å². The first kappa shape index (κ1) is 89.5. The second-order valence-electron chi connectivity index (χ2n) is 31.4. The maximum absolute atomic E-state index is 15.4. The number of hydrogen-bond acceptors (Lipinski definition) is 16. The SMILES string of the molecule is CC[C@@H]1NC(=O)[C@H]([C@H](O)[C@H](C)CCCCC(C)(C)O)N(C)C(=O)[C@H](C(C)C)N(C)C(=O)[C@H](CC(C)C)N(C)C(=O)[C@H](CC(C)C)N(C)C(=O)[C@@H](C)NC(=O)[C@H](C)CC(=O)[C@H](CC(C)C)N(C)C(=O)[C@H](C(C)C)CC(=O)[C@H]([C@@H](C)OCCCCN2CCOCC2)N(C)C(=O)[C@@H](C)N(C)C1=O. The molecule has 2 heterocycles. The molecule has 0 aromatic carbocycles. The quantitative estimate of drug-likeness (QED) is 0.0896. The van der Waals surface area contributed by atoms with Crippen molar-refractivity contribution >= 4 is 64.7 Å². The van der Waals surface area contributed by atoms with E-state index in [1.807, 2.05) is 41.5 Å². The number of likely N-dealkylation sites (N-methyl/N-ethyl adjacent to an activating group) is 7. The molecule has 0 aromatic heterocycles. The summed E-state index contributed by atoms with van der Waals surface area (Å²) in [5, 5.41) is 28.5. The van der Waals surface area contributed by atoms with Crippen molar-refractivity contribution in [1.29, 1.82) is 0 Å². The van der Waals surface area contributed by atoms with E-state index in [4.69, 9.17) is 9.47 Å². The van der Waals surface area contributed by atoms with Gasteiger partial charge in [0, 0.05) is 93.7 Å². The molecule has 9 amide bonds. The average molecular weight is 1400 g/mol. The van der Waals surface area contributed by atoms with E-state index in [0.29, 0.717) is 45.3 Å². The van der Waals surface area contributed by atoms with Gasteiger partial charge in [0.1, 0.15) is 48.3 Å². The number of ether oxygens (including phenoxy) is 2. The van der Waals surface area contributed by atoms with Crippen LogP contribution < -0.4 is 10.6 Å². The normalized spacial score (nSPS) is 27.2. The zero-order chi connectivity index (χ0) is 76.0. The summed E-state index contributed by atoms with van der Waals surface area (Å²) in [6.45, 7) is 35.3. The van der Waals surface area contributed by atoms with Crippen LogP contribution in [-0.4, -0.2) is 275 Å². The van der Waals surface area contributed by atoms with Gasteiger partial charge >= 0.3 is 0 Å². The Kier molecular flexibility index (Phi) is 37.5. The van der Waals surface area contributed by atoms with Gasteiger partial charge in [-0.25, -0.2) is 0 Å². The molecule has 4 N–H and O–H groups in total. The number of carbonyl (C=O) groups excluding carboxylic acids is 11. The minimum atomic E-state index is -1.66. The van der Waals surface area contributed by atoms with E-state index in [1.54, 1.807) is 69.2 Å². The van der Waals surface area contributed by atoms with Gasteiger partial charge in [0.2, 0.25) is 53.2 Å². The summed E-state index contributed by atoms with van der Waals surface area (Å²) in [5.41, 5.74) is -0.949. The zero-order valence-corrected chi connectivity index (χ0v) is 65.5. The lowest BCUT2D eigenvalue weighted by atomic mass is 9.85. The Hall–Kier alpha value is -5.63. The first-order valence-corrected chi connectivity index (χ1v) is 36.7. The molecule has 2 aliphatic heterocycles. The van der Waals surface area contributed by atoms with Gasteiger partial charge in [-0.3, -0.25) is 57.6 Å². The fraction of sp³-hybridized carbons (Fsp3) is 0.851. The molecule has 99 heavy (non-hydrogen) atoms. The third kappa shape index (κ3) is 26.6. The number of carbonyl (C=O) groups is 11. The van der Waals surface area contributed by atoms with Crippen molar-refractivity contribution < 1.29 is 72.4 Å². The van der Waals surface area contributed by atoms with Crippen LogP contribution in [0.1, 0.15) is 202 Å². The molecule has 2 rings (SSSR count). The second-order valence-corrected chi connectivity index (χ2v) is 31.4. The number of aliphatic hydroxyl groups excluding tert-OH is 1. The number of ketones is 2. The van der Waals surface area contributed by atoms with Crippen molar-refractivity contribution in [2.24, 2.45) is 47.3 Å². The summed E-state index contributed by atoms with van der Waals surface area (Å²) in [5.74, 6) is -11.0. The largest absolute Gasteiger partial charge is 0.390 e. The first-order chi connectivity index (χ1) is 45.9. The Bertz CT molecular complexity index is 2640. The van der Waals surface area contributed by atoms with E-state index < -0.39 is 167 Å². The van der Waals surface area contributed by atoms with Crippen LogP contribution in [0.3, 0.4) is 0 Å². The Balaban J connectivity index is 3.03. The first-order valence-electron chi connectivity index (χ1n) is 36.7. The summed E-state index contributed by atoms with van der Waals surface area (Å²) >= 11 is 0. The van der Waals surface area contributed by atoms with E-state index in [2.05, 4.69) is 15.5 Å². The van der Waals surface area contributed by atoms with E-state index in [0.717, 1.165) is 31.0 Å². The highest BCUT2D eigenvalue weighted by Crippen LogP contribution is 2.29. The summed E-state index contributed by atoms with van der Waals surface area (Å²) in [6.07, 6.45) is 0.735. The number of aliphatic hydroxyl groups is 2. The van der Waals surface area contributed by atoms with Crippen LogP contribution in [0.5, 0.6) is 0 Å². The number of rotatable bonds is 23. The van der Waals surface area contributed by atoms with Crippen LogP contribution in [0, 0.1) is 47.3 Å². The van der Waals surface area contributed by atoms with Crippen molar-refractivity contribution in [2.45, 2.75) is 274 Å². The Morgan fingerprint density at radius 3 is 1.53 bits per heavy atom. The Labute approximate surface area is 594 Å². The number of nitrogens with one attached hydrogen (secondary N) is 2. The number of Topliss-reactive ketones (excluding diaryl/α,β-unsaturated/α-hetero) is 2. The lowest BCUT2D eigenvalue weighted by molar-refractivity contribution is -0.157. The van der Waals surface area contributed by atoms with Crippen molar-refractivity contribution in [3.05, 3.63) is 0 Å². The minimum absolute atomic E-state index is 0.0107. The van der Waals surface area contributed by atoms with Crippen LogP contribution in [0.2, 0.25) is 0 Å². The third-order valence-electron chi connectivity index (χ3n) is 20.2. The third-order valence-corrected chi connectivity index (χ3v) is 20.2. The van der Waals surface area contributed by atoms with E-state index in [-0.39, 0.29) is 62.9 Å². The molecule has 25 nitrogen and oxygen atoms in total. The molecule has 0 aromatic rings. The van der Waals surface area contributed by atoms with Gasteiger partial charge in [-0.1, -0.05) is 103 Å². The summed E-state index contributed by atoms with van der Waals surface area (Å²) < 4.78 is 11.9. The number of amides is 9. The van der Waals surface area contributed by atoms with Crippen LogP contribution in [-0.2, 0) is 62.2 Å². The lowest BCUT2D eigenvalue weighted by Crippen LogP contribution is -2.64. The van der Waals surface area contributed by atoms with Gasteiger partial charge in [-0.15, -0.1) is 0 Å². The van der Waals surface area contributed by atoms with Crippen molar-refractivity contribution in [3.8, 4) is 0 Å². The van der Waals surface area contributed by atoms with Crippen LogP contribution in [0.4, 0.5) is 0 Å². The van der Waals surface area contributed by atoms with Gasteiger partial charge in [-0.2, -0.15) is 0 Å². The zero-order valence-electron chi connectivity index (χ0n) is 65.5. The molecule has 2 aliphatic rings. The lowest BCUT2D eigenvalue weighted by Gasteiger charge is -2.41. The second kappa shape index (κ2) is 41.5. The van der Waals surface area contributed by atoms with Gasteiger partial charge in [0.25, 0.3) is 0 Å². The van der Waals surface area contributed by atoms with E-state index in [9.17, 15) is 29.4 Å². The predicted molar refractivity (Wildman–Crippen MR) is 383 cm³/mol. The number of unbranched alkanes of at least 4 members (excludes halogenated alkanes) is 2. The fourth-order valence-electron chi connectivity index (χ4n) is 13.6. The molecule has 0 unspecified atom stereocenters. The van der Waals surface area contributed by atoms with Crippen LogP contribution >= 0.6 is 0 Å². The molecule has 0 radical (unpaired) electrons. The highest BCUT2D eigenvalue weighted by Gasteiger charge is 2.47. The van der Waals surface area contributed by atoms with Gasteiger partial charge in [-0.05, 0) is 128 Å². The monoisotopic (exact) mass is 1400 g/mol. The van der Waals surface area contributed by atoms with Gasteiger partial charge < -0.3 is 64.6 Å².